The largest absolute Gasteiger partial charge is 0.397 e. The lowest BCUT2D eigenvalue weighted by Crippen LogP contribution is -2.11. The van der Waals surface area contributed by atoms with Crippen molar-refractivity contribution in [1.29, 1.82) is 0 Å². The van der Waals surface area contributed by atoms with Crippen molar-refractivity contribution >= 4 is 49.5 Å². The van der Waals surface area contributed by atoms with E-state index in [4.69, 9.17) is 5.73 Å². The molecule has 2 aromatic heterocycles. The monoisotopic (exact) mass is 317 g/mol. The summed E-state index contributed by atoms with van der Waals surface area (Å²) in [6.45, 7) is 5.93. The minimum atomic E-state index is -0.194. The van der Waals surface area contributed by atoms with Crippen LogP contribution in [0.5, 0.6) is 0 Å². The number of nitrogens with zero attached hydrogens (tertiary/aromatic N) is 1. The summed E-state index contributed by atoms with van der Waals surface area (Å²) in [4.78, 5) is 18.4. The van der Waals surface area contributed by atoms with Crippen molar-refractivity contribution in [2.45, 2.75) is 20.8 Å². The van der Waals surface area contributed by atoms with Crippen molar-refractivity contribution in [2.75, 3.05) is 11.1 Å². The Hall–Kier alpha value is -1.92. The number of aryl methyl sites for hydroxylation is 3. The molecule has 3 rings (SSSR count). The van der Waals surface area contributed by atoms with Gasteiger partial charge in [-0.25, -0.2) is 4.98 Å². The highest BCUT2D eigenvalue weighted by molar-refractivity contribution is 7.22. The Morgan fingerprint density at radius 2 is 2.00 bits per heavy atom. The SMILES string of the molecule is Cc1ccc2sc(C(=O)Nc3nc(C)c(C)s3)c(N)c2c1. The summed E-state index contributed by atoms with van der Waals surface area (Å²) < 4.78 is 1.02. The van der Waals surface area contributed by atoms with Crippen LogP contribution in [0, 0.1) is 20.8 Å². The molecular weight excluding hydrogens is 302 g/mol. The zero-order valence-electron chi connectivity index (χ0n) is 12.0. The molecule has 3 aromatic rings. The van der Waals surface area contributed by atoms with Gasteiger partial charge in [-0.15, -0.1) is 22.7 Å². The molecule has 0 aliphatic heterocycles. The highest BCUT2D eigenvalue weighted by Gasteiger charge is 2.18. The summed E-state index contributed by atoms with van der Waals surface area (Å²) in [6, 6.07) is 6.03. The van der Waals surface area contributed by atoms with E-state index in [-0.39, 0.29) is 5.91 Å². The number of nitrogen functional groups attached to an aromatic ring is 1. The zero-order valence-corrected chi connectivity index (χ0v) is 13.6. The van der Waals surface area contributed by atoms with Gasteiger partial charge in [-0.05, 0) is 32.9 Å². The fourth-order valence-electron chi connectivity index (χ4n) is 2.08. The molecule has 1 aromatic carbocycles. The summed E-state index contributed by atoms with van der Waals surface area (Å²) in [5, 5.41) is 4.39. The van der Waals surface area contributed by atoms with Gasteiger partial charge >= 0.3 is 0 Å². The number of thiophene rings is 1. The second kappa shape index (κ2) is 5.13. The highest BCUT2D eigenvalue weighted by atomic mass is 32.1. The molecule has 1 amide bonds. The Kier molecular flexibility index (Phi) is 3.43. The van der Waals surface area contributed by atoms with Gasteiger partial charge in [0.15, 0.2) is 5.13 Å². The molecule has 21 heavy (non-hydrogen) atoms. The molecule has 3 N–H and O–H groups in total. The number of anilines is 2. The first-order valence-electron chi connectivity index (χ1n) is 6.49. The van der Waals surface area contributed by atoms with Crippen LogP contribution in [0.2, 0.25) is 0 Å². The average Bonchev–Trinajstić information content (AvgIpc) is 2.91. The van der Waals surface area contributed by atoms with Crippen LogP contribution >= 0.6 is 22.7 Å². The first-order chi connectivity index (χ1) is 9.95. The van der Waals surface area contributed by atoms with E-state index in [2.05, 4.69) is 10.3 Å². The van der Waals surface area contributed by atoms with Gasteiger partial charge in [0, 0.05) is 15.0 Å². The predicted molar refractivity (Wildman–Crippen MR) is 90.5 cm³/mol. The number of amides is 1. The summed E-state index contributed by atoms with van der Waals surface area (Å²) in [7, 11) is 0. The van der Waals surface area contributed by atoms with E-state index in [1.165, 1.54) is 22.7 Å². The first kappa shape index (κ1) is 14.0. The van der Waals surface area contributed by atoms with Crippen molar-refractivity contribution in [3.8, 4) is 0 Å². The van der Waals surface area contributed by atoms with Crippen LogP contribution in [0.15, 0.2) is 18.2 Å². The number of carbonyl (C=O) groups is 1. The maximum Gasteiger partial charge on any atom is 0.269 e. The van der Waals surface area contributed by atoms with Gasteiger partial charge in [-0.1, -0.05) is 11.6 Å². The van der Waals surface area contributed by atoms with E-state index in [9.17, 15) is 4.79 Å². The number of carbonyl (C=O) groups excluding carboxylic acids is 1. The molecule has 0 atom stereocenters. The minimum absolute atomic E-state index is 0.194. The second-order valence-electron chi connectivity index (χ2n) is 4.96. The third kappa shape index (κ3) is 2.52. The second-order valence-corrected chi connectivity index (χ2v) is 7.21. The quantitative estimate of drug-likeness (QED) is 0.747. The van der Waals surface area contributed by atoms with E-state index < -0.39 is 0 Å². The molecule has 0 saturated carbocycles. The normalized spacial score (nSPS) is 11.0. The van der Waals surface area contributed by atoms with Crippen LogP contribution in [0.25, 0.3) is 10.1 Å². The molecule has 0 saturated heterocycles. The molecule has 0 aliphatic rings. The molecule has 0 radical (unpaired) electrons. The first-order valence-corrected chi connectivity index (χ1v) is 8.13. The summed E-state index contributed by atoms with van der Waals surface area (Å²) in [5.74, 6) is -0.194. The van der Waals surface area contributed by atoms with Crippen LogP contribution in [0.4, 0.5) is 10.8 Å². The number of thiazole rings is 1. The molecule has 4 nitrogen and oxygen atoms in total. The lowest BCUT2D eigenvalue weighted by Gasteiger charge is -2.00. The number of benzene rings is 1. The number of hydrogen-bond donors (Lipinski definition) is 2. The van der Waals surface area contributed by atoms with Gasteiger partial charge in [-0.2, -0.15) is 0 Å². The topological polar surface area (TPSA) is 68.0 Å². The summed E-state index contributed by atoms with van der Waals surface area (Å²) >= 11 is 2.88. The number of fused-ring (bicyclic) bond motifs is 1. The van der Waals surface area contributed by atoms with Crippen LogP contribution in [-0.2, 0) is 0 Å². The Balaban J connectivity index is 1.96. The standard InChI is InChI=1S/C15H15N3OS2/c1-7-4-5-11-10(6-7)12(16)13(21-11)14(19)18-15-17-8(2)9(3)20-15/h4-6H,16H2,1-3H3,(H,17,18,19). The van der Waals surface area contributed by atoms with E-state index >= 15 is 0 Å². The van der Waals surface area contributed by atoms with Crippen LogP contribution < -0.4 is 11.1 Å². The Labute approximate surface area is 130 Å². The van der Waals surface area contributed by atoms with Gasteiger partial charge in [0.25, 0.3) is 5.91 Å². The van der Waals surface area contributed by atoms with E-state index in [0.29, 0.717) is 15.7 Å². The van der Waals surface area contributed by atoms with Crippen LogP contribution in [-0.4, -0.2) is 10.9 Å². The van der Waals surface area contributed by atoms with Crippen molar-refractivity contribution in [1.82, 2.24) is 4.98 Å². The Bertz CT molecular complexity index is 829. The van der Waals surface area contributed by atoms with Gasteiger partial charge in [-0.3, -0.25) is 10.1 Å². The van der Waals surface area contributed by atoms with E-state index in [1.807, 2.05) is 39.0 Å². The highest BCUT2D eigenvalue weighted by Crippen LogP contribution is 2.35. The number of aromatic nitrogens is 1. The maximum atomic E-state index is 12.4. The molecule has 0 bridgehead atoms. The predicted octanol–water partition coefficient (Wildman–Crippen LogP) is 4.12. The van der Waals surface area contributed by atoms with Gasteiger partial charge in [0.05, 0.1) is 11.4 Å². The third-order valence-electron chi connectivity index (χ3n) is 3.34. The van der Waals surface area contributed by atoms with Gasteiger partial charge in [0.1, 0.15) is 4.88 Å². The third-order valence-corrected chi connectivity index (χ3v) is 5.51. The zero-order chi connectivity index (χ0) is 15.1. The Morgan fingerprint density at radius 1 is 1.24 bits per heavy atom. The molecule has 108 valence electrons. The fraction of sp³-hybridized carbons (Fsp3) is 0.200. The minimum Gasteiger partial charge on any atom is -0.397 e. The fourth-order valence-corrected chi connectivity index (χ4v) is 3.89. The van der Waals surface area contributed by atoms with Crippen molar-refractivity contribution in [3.63, 3.8) is 0 Å². The molecule has 0 spiro atoms. The van der Waals surface area contributed by atoms with Crippen molar-refractivity contribution < 1.29 is 4.79 Å². The molecule has 6 heteroatoms. The number of nitrogens with one attached hydrogen (secondary N) is 1. The lowest BCUT2D eigenvalue weighted by atomic mass is 10.1. The molecule has 2 heterocycles. The lowest BCUT2D eigenvalue weighted by molar-refractivity contribution is 0.103. The smallest absolute Gasteiger partial charge is 0.269 e. The Morgan fingerprint density at radius 3 is 2.67 bits per heavy atom. The van der Waals surface area contributed by atoms with Crippen LogP contribution in [0.1, 0.15) is 25.8 Å². The van der Waals surface area contributed by atoms with Gasteiger partial charge in [0.2, 0.25) is 0 Å². The van der Waals surface area contributed by atoms with Crippen molar-refractivity contribution in [3.05, 3.63) is 39.2 Å². The number of rotatable bonds is 2. The molecular formula is C15H15N3OS2. The maximum absolute atomic E-state index is 12.4. The average molecular weight is 317 g/mol. The number of nitrogens with two attached hydrogens (primary N) is 1. The molecule has 0 fully saturated rings. The van der Waals surface area contributed by atoms with E-state index in [0.717, 1.165) is 26.2 Å². The molecule has 0 unspecified atom stereocenters. The molecule has 0 aliphatic carbocycles. The summed E-state index contributed by atoms with van der Waals surface area (Å²) in [5.41, 5.74) is 8.74. The van der Waals surface area contributed by atoms with Gasteiger partial charge < -0.3 is 5.73 Å². The van der Waals surface area contributed by atoms with E-state index in [1.54, 1.807) is 0 Å². The summed E-state index contributed by atoms with van der Waals surface area (Å²) in [6.07, 6.45) is 0. The van der Waals surface area contributed by atoms with Crippen molar-refractivity contribution in [2.24, 2.45) is 0 Å². The number of hydrogen-bond acceptors (Lipinski definition) is 5. The van der Waals surface area contributed by atoms with Crippen LogP contribution in [0.3, 0.4) is 0 Å².